The van der Waals surface area contributed by atoms with Gasteiger partial charge < -0.3 is 9.42 Å². The Kier molecular flexibility index (Phi) is 3.72. The van der Waals surface area contributed by atoms with E-state index in [9.17, 15) is 4.79 Å². The standard InChI is InChI=1S/C12H15N5O2S/c1-2-10-14-11(15-19-10)8-4-3-5-17(7-8)12(18)9-6-13-16-20-9/h6,8H,2-5,7H2,1H3/t8-/m0/s1. The van der Waals surface area contributed by atoms with Crippen molar-refractivity contribution >= 4 is 17.4 Å². The highest BCUT2D eigenvalue weighted by Gasteiger charge is 2.29. The van der Waals surface area contributed by atoms with Crippen LogP contribution in [0.15, 0.2) is 10.7 Å². The average Bonchev–Trinajstić information content (AvgIpc) is 3.17. The molecule has 0 saturated carbocycles. The average molecular weight is 293 g/mol. The van der Waals surface area contributed by atoms with Crippen LogP contribution in [-0.4, -0.2) is 43.6 Å². The second-order valence-electron chi connectivity index (χ2n) is 4.77. The van der Waals surface area contributed by atoms with Crippen molar-refractivity contribution in [2.45, 2.75) is 32.1 Å². The normalized spacial score (nSPS) is 19.2. The number of carbonyl (C=O) groups excluding carboxylic acids is 1. The number of nitrogens with zero attached hydrogens (tertiary/aromatic N) is 5. The molecular formula is C12H15N5O2S. The van der Waals surface area contributed by atoms with Gasteiger partial charge in [0.15, 0.2) is 5.82 Å². The van der Waals surface area contributed by atoms with Crippen molar-refractivity contribution in [2.75, 3.05) is 13.1 Å². The third-order valence-corrected chi connectivity index (χ3v) is 4.08. The van der Waals surface area contributed by atoms with Crippen LogP contribution < -0.4 is 0 Å². The van der Waals surface area contributed by atoms with Crippen LogP contribution in [0.2, 0.25) is 0 Å². The van der Waals surface area contributed by atoms with Crippen LogP contribution in [0.1, 0.15) is 47.1 Å². The molecule has 0 unspecified atom stereocenters. The summed E-state index contributed by atoms with van der Waals surface area (Å²) in [4.78, 5) is 19.1. The maximum absolute atomic E-state index is 12.3. The van der Waals surface area contributed by atoms with E-state index in [1.807, 2.05) is 11.8 Å². The quantitative estimate of drug-likeness (QED) is 0.852. The van der Waals surface area contributed by atoms with E-state index in [4.69, 9.17) is 4.52 Å². The molecule has 7 nitrogen and oxygen atoms in total. The summed E-state index contributed by atoms with van der Waals surface area (Å²) in [6.07, 6.45) is 4.17. The van der Waals surface area contributed by atoms with E-state index in [1.165, 1.54) is 6.20 Å². The first kappa shape index (κ1) is 13.2. The fourth-order valence-corrected chi connectivity index (χ4v) is 2.85. The highest BCUT2D eigenvalue weighted by molar-refractivity contribution is 7.07. The highest BCUT2D eigenvalue weighted by atomic mass is 32.1. The molecule has 1 fully saturated rings. The number of aryl methyl sites for hydroxylation is 1. The molecule has 0 radical (unpaired) electrons. The van der Waals surface area contributed by atoms with Crippen LogP contribution in [0.5, 0.6) is 0 Å². The molecular weight excluding hydrogens is 278 g/mol. The number of piperidine rings is 1. The van der Waals surface area contributed by atoms with Crippen molar-refractivity contribution in [3.8, 4) is 0 Å². The van der Waals surface area contributed by atoms with Gasteiger partial charge in [-0.15, -0.1) is 5.10 Å². The van der Waals surface area contributed by atoms with Crippen molar-refractivity contribution in [1.29, 1.82) is 0 Å². The van der Waals surface area contributed by atoms with Gasteiger partial charge in [-0.1, -0.05) is 16.6 Å². The fourth-order valence-electron chi connectivity index (χ4n) is 2.37. The summed E-state index contributed by atoms with van der Waals surface area (Å²) < 4.78 is 8.89. The molecule has 2 aromatic rings. The number of rotatable bonds is 3. The van der Waals surface area contributed by atoms with Gasteiger partial charge in [-0.2, -0.15) is 4.98 Å². The number of amides is 1. The molecule has 1 aliphatic rings. The van der Waals surface area contributed by atoms with Gasteiger partial charge in [-0.25, -0.2) is 0 Å². The molecule has 1 aliphatic heterocycles. The van der Waals surface area contributed by atoms with E-state index in [1.54, 1.807) is 0 Å². The third-order valence-electron chi connectivity index (χ3n) is 3.43. The third kappa shape index (κ3) is 2.55. The second-order valence-corrected chi connectivity index (χ2v) is 5.56. The van der Waals surface area contributed by atoms with Gasteiger partial charge in [-0.3, -0.25) is 4.79 Å². The van der Waals surface area contributed by atoms with Crippen LogP contribution in [0, 0.1) is 0 Å². The molecule has 0 N–H and O–H groups in total. The molecule has 1 saturated heterocycles. The Bertz CT molecular complexity index is 582. The Balaban J connectivity index is 1.71. The van der Waals surface area contributed by atoms with Crippen molar-refractivity contribution in [2.24, 2.45) is 0 Å². The monoisotopic (exact) mass is 293 g/mol. The summed E-state index contributed by atoms with van der Waals surface area (Å²) in [6.45, 7) is 3.36. The van der Waals surface area contributed by atoms with E-state index in [2.05, 4.69) is 19.7 Å². The molecule has 8 heteroatoms. The minimum absolute atomic E-state index is 0.0103. The number of hydrogen-bond acceptors (Lipinski definition) is 7. The lowest BCUT2D eigenvalue weighted by molar-refractivity contribution is 0.0708. The van der Waals surface area contributed by atoms with Crippen LogP contribution >= 0.6 is 11.5 Å². The van der Waals surface area contributed by atoms with Crippen LogP contribution in [0.3, 0.4) is 0 Å². The first-order chi connectivity index (χ1) is 9.78. The summed E-state index contributed by atoms with van der Waals surface area (Å²) in [5.41, 5.74) is 0. The Morgan fingerprint density at radius 2 is 2.50 bits per heavy atom. The van der Waals surface area contributed by atoms with E-state index >= 15 is 0 Å². The van der Waals surface area contributed by atoms with Crippen molar-refractivity contribution < 1.29 is 9.32 Å². The topological polar surface area (TPSA) is 85.0 Å². The summed E-state index contributed by atoms with van der Waals surface area (Å²) in [5.74, 6) is 1.50. The van der Waals surface area contributed by atoms with Crippen molar-refractivity contribution in [3.63, 3.8) is 0 Å². The molecule has 0 bridgehead atoms. The largest absolute Gasteiger partial charge is 0.339 e. The Morgan fingerprint density at radius 3 is 3.20 bits per heavy atom. The molecule has 1 amide bonds. The van der Waals surface area contributed by atoms with Gasteiger partial charge >= 0.3 is 0 Å². The zero-order valence-electron chi connectivity index (χ0n) is 11.2. The summed E-state index contributed by atoms with van der Waals surface area (Å²) >= 11 is 1.13. The Hall–Kier alpha value is -1.83. The predicted octanol–water partition coefficient (Wildman–Crippen LogP) is 1.50. The zero-order chi connectivity index (χ0) is 13.9. The fraction of sp³-hybridized carbons (Fsp3) is 0.583. The van der Waals surface area contributed by atoms with E-state index in [0.29, 0.717) is 23.1 Å². The molecule has 0 spiro atoms. The van der Waals surface area contributed by atoms with Crippen LogP contribution in [-0.2, 0) is 6.42 Å². The van der Waals surface area contributed by atoms with Crippen molar-refractivity contribution in [1.82, 2.24) is 24.6 Å². The highest BCUT2D eigenvalue weighted by Crippen LogP contribution is 2.26. The molecule has 20 heavy (non-hydrogen) atoms. The van der Waals surface area contributed by atoms with Gasteiger partial charge in [-0.05, 0) is 24.4 Å². The maximum atomic E-state index is 12.3. The van der Waals surface area contributed by atoms with E-state index < -0.39 is 0 Å². The molecule has 0 aliphatic carbocycles. The number of hydrogen-bond donors (Lipinski definition) is 0. The lowest BCUT2D eigenvalue weighted by Crippen LogP contribution is -2.39. The molecule has 0 aromatic carbocycles. The van der Waals surface area contributed by atoms with Gasteiger partial charge in [0.2, 0.25) is 5.89 Å². The minimum atomic E-state index is -0.0103. The van der Waals surface area contributed by atoms with E-state index in [-0.39, 0.29) is 11.8 Å². The lowest BCUT2D eigenvalue weighted by Gasteiger charge is -2.30. The predicted molar refractivity (Wildman–Crippen MR) is 71.5 cm³/mol. The minimum Gasteiger partial charge on any atom is -0.339 e. The summed E-state index contributed by atoms with van der Waals surface area (Å²) in [6, 6.07) is 0. The van der Waals surface area contributed by atoms with Gasteiger partial charge in [0.05, 0.1) is 6.20 Å². The van der Waals surface area contributed by atoms with Crippen molar-refractivity contribution in [3.05, 3.63) is 22.8 Å². The first-order valence-corrected chi connectivity index (χ1v) is 7.44. The second kappa shape index (κ2) is 5.66. The Morgan fingerprint density at radius 1 is 1.60 bits per heavy atom. The van der Waals surface area contributed by atoms with Crippen LogP contribution in [0.4, 0.5) is 0 Å². The van der Waals surface area contributed by atoms with Gasteiger partial charge in [0, 0.05) is 25.4 Å². The maximum Gasteiger partial charge on any atom is 0.267 e. The van der Waals surface area contributed by atoms with Gasteiger partial charge in [0.1, 0.15) is 4.88 Å². The van der Waals surface area contributed by atoms with E-state index in [0.717, 1.165) is 37.3 Å². The molecule has 2 aromatic heterocycles. The molecule has 3 heterocycles. The smallest absolute Gasteiger partial charge is 0.267 e. The number of likely N-dealkylation sites (tertiary alicyclic amines) is 1. The van der Waals surface area contributed by atoms with Gasteiger partial charge in [0.25, 0.3) is 5.91 Å². The summed E-state index contributed by atoms with van der Waals surface area (Å²) in [5, 5.41) is 7.73. The summed E-state index contributed by atoms with van der Waals surface area (Å²) in [7, 11) is 0. The number of carbonyl (C=O) groups is 1. The molecule has 106 valence electrons. The Labute approximate surface area is 120 Å². The zero-order valence-corrected chi connectivity index (χ0v) is 12.0. The molecule has 1 atom stereocenters. The van der Waals surface area contributed by atoms with Crippen LogP contribution in [0.25, 0.3) is 0 Å². The molecule has 3 rings (SSSR count). The number of aromatic nitrogens is 4. The SMILES string of the molecule is CCc1nc([C@H]2CCCN(C(=O)c3cnns3)C2)no1. The lowest BCUT2D eigenvalue weighted by atomic mass is 9.97. The first-order valence-electron chi connectivity index (χ1n) is 6.67.